The second-order valence-corrected chi connectivity index (χ2v) is 10.4. The lowest BCUT2D eigenvalue weighted by molar-refractivity contribution is -0.119. The lowest BCUT2D eigenvalue weighted by Gasteiger charge is -2.23. The van der Waals surface area contributed by atoms with E-state index in [0.29, 0.717) is 11.5 Å². The van der Waals surface area contributed by atoms with E-state index in [-0.39, 0.29) is 16.5 Å². The van der Waals surface area contributed by atoms with Gasteiger partial charge in [-0.3, -0.25) is 4.79 Å². The second kappa shape index (κ2) is 10.4. The zero-order chi connectivity index (χ0) is 24.2. The molecule has 0 unspecified atom stereocenters. The predicted molar refractivity (Wildman–Crippen MR) is 133 cm³/mol. The number of aryl methyl sites for hydroxylation is 1. The molecule has 33 heavy (non-hydrogen) atoms. The van der Waals surface area contributed by atoms with Crippen LogP contribution in [0, 0.1) is 6.92 Å². The van der Waals surface area contributed by atoms with Crippen molar-refractivity contribution >= 4 is 37.5 Å². The summed E-state index contributed by atoms with van der Waals surface area (Å²) in [6, 6.07) is 17.9. The lowest BCUT2D eigenvalue weighted by Crippen LogP contribution is -2.40. The smallest absolute Gasteiger partial charge is 0.278 e. The molecule has 0 aromatic heterocycles. The molecular weight excluding hydrogens is 506 g/mol. The molecular formula is C25H26BrNO5S. The summed E-state index contributed by atoms with van der Waals surface area (Å²) in [6.45, 7) is 5.52. The van der Waals surface area contributed by atoms with E-state index in [2.05, 4.69) is 15.9 Å². The number of amides is 1. The predicted octanol–water partition coefficient (Wildman–Crippen LogP) is 5.69. The molecule has 0 heterocycles. The molecule has 1 amide bonds. The Labute approximate surface area is 203 Å². The van der Waals surface area contributed by atoms with Crippen LogP contribution in [-0.4, -0.2) is 28.0 Å². The topological polar surface area (TPSA) is 72.9 Å². The highest BCUT2D eigenvalue weighted by Crippen LogP contribution is 2.33. The third-order valence-electron chi connectivity index (χ3n) is 5.08. The molecule has 0 atom stereocenters. The van der Waals surface area contributed by atoms with E-state index in [9.17, 15) is 13.2 Å². The third-order valence-corrected chi connectivity index (χ3v) is 7.70. The van der Waals surface area contributed by atoms with Gasteiger partial charge in [-0.2, -0.15) is 4.31 Å². The summed E-state index contributed by atoms with van der Waals surface area (Å²) in [7, 11) is -2.65. The first-order chi connectivity index (χ1) is 15.6. The van der Waals surface area contributed by atoms with Gasteiger partial charge in [-0.05, 0) is 72.5 Å². The van der Waals surface area contributed by atoms with Crippen LogP contribution in [0.25, 0.3) is 0 Å². The van der Waals surface area contributed by atoms with Crippen molar-refractivity contribution in [2.75, 3.05) is 18.0 Å². The molecule has 0 aliphatic heterocycles. The first kappa shape index (κ1) is 24.8. The minimum Gasteiger partial charge on any atom is -0.497 e. The summed E-state index contributed by atoms with van der Waals surface area (Å²) in [6.07, 6.45) is 0. The number of sulfonamides is 1. The number of carbonyl (C=O) groups excluding carboxylic acids is 1. The van der Waals surface area contributed by atoms with Gasteiger partial charge in [0.05, 0.1) is 17.7 Å². The molecule has 0 aliphatic rings. The van der Waals surface area contributed by atoms with Crippen LogP contribution in [0.2, 0.25) is 0 Å². The maximum atomic E-state index is 13.4. The van der Waals surface area contributed by atoms with Crippen molar-refractivity contribution in [3.63, 3.8) is 0 Å². The summed E-state index contributed by atoms with van der Waals surface area (Å²) in [5.74, 6) is 0.536. The minimum atomic E-state index is -4.16. The Kier molecular flexibility index (Phi) is 7.81. The second-order valence-electron chi connectivity index (χ2n) is 7.76. The molecule has 0 saturated heterocycles. The van der Waals surface area contributed by atoms with E-state index < -0.39 is 22.5 Å². The quantitative estimate of drug-likeness (QED) is 0.373. The first-order valence-corrected chi connectivity index (χ1v) is 12.6. The molecule has 0 saturated carbocycles. The monoisotopic (exact) mass is 531 g/mol. The number of halogens is 1. The molecule has 3 aromatic carbocycles. The Hall–Kier alpha value is -2.84. The van der Waals surface area contributed by atoms with Crippen LogP contribution in [0.15, 0.2) is 76.1 Å². The van der Waals surface area contributed by atoms with E-state index in [4.69, 9.17) is 9.47 Å². The molecule has 0 radical (unpaired) electrons. The average molecular weight is 532 g/mol. The highest BCUT2D eigenvalue weighted by Gasteiger charge is 2.31. The van der Waals surface area contributed by atoms with E-state index in [0.717, 1.165) is 19.9 Å². The highest BCUT2D eigenvalue weighted by molar-refractivity contribution is 9.10. The number of nitrogens with zero attached hydrogens (tertiary/aromatic N) is 1. The molecule has 0 fully saturated rings. The molecule has 3 aromatic rings. The van der Waals surface area contributed by atoms with Gasteiger partial charge in [0.2, 0.25) is 0 Å². The molecule has 0 bridgehead atoms. The van der Waals surface area contributed by atoms with Crippen LogP contribution in [0.1, 0.15) is 30.9 Å². The fraction of sp³-hybridized carbons (Fsp3) is 0.240. The maximum absolute atomic E-state index is 13.4. The van der Waals surface area contributed by atoms with Gasteiger partial charge in [0.15, 0.2) is 6.61 Å². The van der Waals surface area contributed by atoms with Crippen molar-refractivity contribution in [3.8, 4) is 11.5 Å². The van der Waals surface area contributed by atoms with Crippen molar-refractivity contribution in [2.24, 2.45) is 0 Å². The maximum Gasteiger partial charge on any atom is 0.278 e. The fourth-order valence-corrected chi connectivity index (χ4v) is 5.07. The largest absolute Gasteiger partial charge is 0.497 e. The first-order valence-electron chi connectivity index (χ1n) is 10.3. The summed E-state index contributed by atoms with van der Waals surface area (Å²) >= 11 is 3.53. The highest BCUT2D eigenvalue weighted by atomic mass is 79.9. The molecule has 3 rings (SSSR count). The number of methoxy groups -OCH3 is 1. The van der Waals surface area contributed by atoms with Gasteiger partial charge in [-0.25, -0.2) is 8.42 Å². The summed E-state index contributed by atoms with van der Waals surface area (Å²) in [4.78, 5) is 13.3. The van der Waals surface area contributed by atoms with Gasteiger partial charge < -0.3 is 9.47 Å². The fourth-order valence-electron chi connectivity index (χ4n) is 3.28. The van der Waals surface area contributed by atoms with Gasteiger partial charge in [-0.1, -0.05) is 48.0 Å². The number of carbonyl (C=O) groups is 1. The number of hydrogen-bond donors (Lipinski definition) is 0. The Morgan fingerprint density at radius 1 is 1.03 bits per heavy atom. The van der Waals surface area contributed by atoms with Gasteiger partial charge in [-0.15, -0.1) is 0 Å². The SMILES string of the molecule is COc1ccc(N(C(=O)COc2cc(C)c(Br)cc2C(C)C)S(=O)(=O)c2ccccc2)cc1. The molecule has 0 N–H and O–H groups in total. The minimum absolute atomic E-state index is 0.0107. The number of rotatable bonds is 8. The van der Waals surface area contributed by atoms with E-state index in [1.165, 1.54) is 31.4 Å². The summed E-state index contributed by atoms with van der Waals surface area (Å²) in [5, 5.41) is 0. The molecule has 8 heteroatoms. The molecule has 0 aliphatic carbocycles. The zero-order valence-electron chi connectivity index (χ0n) is 18.9. The van der Waals surface area contributed by atoms with Crippen molar-refractivity contribution in [3.05, 3.63) is 82.3 Å². The summed E-state index contributed by atoms with van der Waals surface area (Å²) < 4.78 is 39.6. The van der Waals surface area contributed by atoms with Crippen LogP contribution >= 0.6 is 15.9 Å². The number of ether oxygens (including phenoxy) is 2. The zero-order valence-corrected chi connectivity index (χ0v) is 21.3. The average Bonchev–Trinajstić information content (AvgIpc) is 2.80. The third kappa shape index (κ3) is 5.57. The Morgan fingerprint density at radius 3 is 2.24 bits per heavy atom. The van der Waals surface area contributed by atoms with Gasteiger partial charge in [0.25, 0.3) is 15.9 Å². The van der Waals surface area contributed by atoms with Crippen molar-refractivity contribution in [1.29, 1.82) is 0 Å². The van der Waals surface area contributed by atoms with E-state index in [1.807, 2.05) is 32.9 Å². The Balaban J connectivity index is 1.98. The van der Waals surface area contributed by atoms with E-state index in [1.54, 1.807) is 30.3 Å². The lowest BCUT2D eigenvalue weighted by atomic mass is 10.0. The van der Waals surface area contributed by atoms with Gasteiger partial charge in [0, 0.05) is 4.47 Å². The van der Waals surface area contributed by atoms with Crippen molar-refractivity contribution < 1.29 is 22.7 Å². The van der Waals surface area contributed by atoms with Crippen molar-refractivity contribution in [1.82, 2.24) is 0 Å². The number of hydrogen-bond acceptors (Lipinski definition) is 5. The van der Waals surface area contributed by atoms with Crippen LogP contribution in [-0.2, 0) is 14.8 Å². The van der Waals surface area contributed by atoms with Crippen molar-refractivity contribution in [2.45, 2.75) is 31.6 Å². The van der Waals surface area contributed by atoms with Gasteiger partial charge in [0.1, 0.15) is 11.5 Å². The Bertz CT molecular complexity index is 1230. The van der Waals surface area contributed by atoms with Crippen LogP contribution in [0.5, 0.6) is 11.5 Å². The van der Waals surface area contributed by atoms with Crippen LogP contribution in [0.4, 0.5) is 5.69 Å². The normalized spacial score (nSPS) is 11.3. The number of benzene rings is 3. The molecule has 0 spiro atoms. The van der Waals surface area contributed by atoms with E-state index >= 15 is 0 Å². The van der Waals surface area contributed by atoms with Crippen LogP contribution < -0.4 is 13.8 Å². The van der Waals surface area contributed by atoms with Crippen LogP contribution in [0.3, 0.4) is 0 Å². The molecule has 174 valence electrons. The summed E-state index contributed by atoms with van der Waals surface area (Å²) in [5.41, 5.74) is 2.07. The molecule has 6 nitrogen and oxygen atoms in total. The number of anilines is 1. The standard InChI is InChI=1S/C25H26BrNO5S/c1-17(2)22-15-23(26)18(3)14-24(22)32-16-25(28)27(19-10-12-20(31-4)13-11-19)33(29,30)21-8-6-5-7-9-21/h5-15,17H,16H2,1-4H3. The Morgan fingerprint density at radius 2 is 1.67 bits per heavy atom. The van der Waals surface area contributed by atoms with Gasteiger partial charge >= 0.3 is 0 Å².